The van der Waals surface area contributed by atoms with Crippen molar-refractivity contribution in [3.63, 3.8) is 0 Å². The Hall–Kier alpha value is -3.54. The molecule has 4 rings (SSSR count). The van der Waals surface area contributed by atoms with Crippen LogP contribution in [0.5, 0.6) is 23.0 Å². The number of aliphatic carboxylic acids is 1. The van der Waals surface area contributed by atoms with Crippen LogP contribution in [0, 0.1) is 5.92 Å². The molecule has 0 bridgehead atoms. The molecular formula is C30H41N3O8. The number of methoxy groups -OCH3 is 1. The van der Waals surface area contributed by atoms with Gasteiger partial charge in [-0.15, -0.1) is 0 Å². The lowest BCUT2D eigenvalue weighted by Crippen LogP contribution is -2.47. The number of carboxylic acid groups (broad SMARTS) is 1. The molecule has 1 fully saturated rings. The van der Waals surface area contributed by atoms with Crippen molar-refractivity contribution in [1.82, 2.24) is 9.80 Å². The summed E-state index contributed by atoms with van der Waals surface area (Å²) in [6, 6.07) is 10.1. The molecule has 1 amide bonds. The van der Waals surface area contributed by atoms with Gasteiger partial charge in [-0.05, 0) is 49.2 Å². The first-order valence-electron chi connectivity index (χ1n) is 14.2. The quantitative estimate of drug-likeness (QED) is 0.292. The van der Waals surface area contributed by atoms with E-state index in [0.717, 1.165) is 12.8 Å². The normalized spacial score (nSPS) is 19.8. The summed E-state index contributed by atoms with van der Waals surface area (Å²) in [5, 5.41) is 20.5. The van der Waals surface area contributed by atoms with Crippen molar-refractivity contribution in [2.45, 2.75) is 44.8 Å². The number of para-hydroxylation sites is 2. The summed E-state index contributed by atoms with van der Waals surface area (Å²) in [4.78, 5) is 30.1. The number of ether oxygens (including phenoxy) is 4. The zero-order valence-electron chi connectivity index (χ0n) is 23.8. The smallest absolute Gasteiger partial charge is 0.308 e. The fourth-order valence-electron chi connectivity index (χ4n) is 5.65. The maximum absolute atomic E-state index is 13.6. The summed E-state index contributed by atoms with van der Waals surface area (Å²) in [6.45, 7) is 3.89. The van der Waals surface area contributed by atoms with E-state index in [-0.39, 0.29) is 32.5 Å². The SMILES string of the molecule is CCCCN(CCCN)C(=O)CN1C[C@H](c2cc(CO)c3c(c2)OCO3)[C@@H](C(=O)O)[C@@H]1COc1ccccc1OC. The molecule has 0 aromatic heterocycles. The number of hydrogen-bond donors (Lipinski definition) is 3. The molecule has 2 heterocycles. The van der Waals surface area contributed by atoms with Crippen molar-refractivity contribution < 1.29 is 38.7 Å². The number of fused-ring (bicyclic) bond motifs is 1. The van der Waals surface area contributed by atoms with Crippen LogP contribution in [0.15, 0.2) is 36.4 Å². The van der Waals surface area contributed by atoms with Gasteiger partial charge in [-0.25, -0.2) is 0 Å². The van der Waals surface area contributed by atoms with Crippen LogP contribution < -0.4 is 24.7 Å². The second-order valence-corrected chi connectivity index (χ2v) is 10.4. The average Bonchev–Trinajstić information content (AvgIpc) is 3.60. The van der Waals surface area contributed by atoms with Crippen LogP contribution in [-0.4, -0.2) is 91.2 Å². The Morgan fingerprint density at radius 1 is 1.15 bits per heavy atom. The van der Waals surface area contributed by atoms with Crippen molar-refractivity contribution in [3.8, 4) is 23.0 Å². The number of hydrogen-bond acceptors (Lipinski definition) is 9. The van der Waals surface area contributed by atoms with Crippen LogP contribution in [0.25, 0.3) is 0 Å². The van der Waals surface area contributed by atoms with Crippen molar-refractivity contribution in [2.24, 2.45) is 11.7 Å². The Balaban J connectivity index is 1.66. The number of aliphatic hydroxyl groups is 1. The number of aliphatic hydroxyl groups excluding tert-OH is 1. The van der Waals surface area contributed by atoms with Crippen LogP contribution in [0.1, 0.15) is 43.2 Å². The van der Waals surface area contributed by atoms with Gasteiger partial charge in [-0.1, -0.05) is 25.5 Å². The number of rotatable bonds is 15. The van der Waals surface area contributed by atoms with E-state index in [1.807, 2.05) is 21.9 Å². The Bertz CT molecular complexity index is 1180. The number of nitrogens with two attached hydrogens (primary N) is 1. The summed E-state index contributed by atoms with van der Waals surface area (Å²) >= 11 is 0. The lowest BCUT2D eigenvalue weighted by atomic mass is 9.84. The van der Waals surface area contributed by atoms with E-state index in [2.05, 4.69) is 6.92 Å². The Morgan fingerprint density at radius 3 is 2.59 bits per heavy atom. The lowest BCUT2D eigenvalue weighted by molar-refractivity contribution is -0.144. The Morgan fingerprint density at radius 2 is 1.90 bits per heavy atom. The van der Waals surface area contributed by atoms with E-state index in [9.17, 15) is 19.8 Å². The van der Waals surface area contributed by atoms with E-state index in [4.69, 9.17) is 24.7 Å². The molecule has 2 aliphatic rings. The minimum Gasteiger partial charge on any atom is -0.493 e. The largest absolute Gasteiger partial charge is 0.493 e. The van der Waals surface area contributed by atoms with Gasteiger partial charge in [0.05, 0.1) is 32.2 Å². The summed E-state index contributed by atoms with van der Waals surface area (Å²) in [6.07, 6.45) is 2.52. The molecule has 2 aromatic carbocycles. The molecule has 11 heteroatoms. The van der Waals surface area contributed by atoms with Gasteiger partial charge in [0.25, 0.3) is 0 Å². The molecule has 1 saturated heterocycles. The number of carbonyl (C=O) groups excluding carboxylic acids is 1. The van der Waals surface area contributed by atoms with Crippen molar-refractivity contribution in [3.05, 3.63) is 47.5 Å². The highest BCUT2D eigenvalue weighted by atomic mass is 16.7. The number of nitrogens with zero attached hydrogens (tertiary/aromatic N) is 2. The third-order valence-corrected chi connectivity index (χ3v) is 7.79. The van der Waals surface area contributed by atoms with Crippen LogP contribution in [0.4, 0.5) is 0 Å². The molecule has 0 radical (unpaired) electrons. The molecule has 2 aliphatic heterocycles. The van der Waals surface area contributed by atoms with Crippen LogP contribution in [0.2, 0.25) is 0 Å². The summed E-state index contributed by atoms with van der Waals surface area (Å²) in [5.41, 5.74) is 6.96. The zero-order valence-corrected chi connectivity index (χ0v) is 23.8. The molecule has 0 spiro atoms. The first kappa shape index (κ1) is 30.4. The standard InChI is InChI=1S/C30H41N3O8/c1-3-4-11-32(12-7-10-31)27(35)16-33-15-22(20-13-21(17-34)29-26(14-20)40-19-41-29)28(30(36)37)23(33)18-39-25-9-6-5-8-24(25)38-2/h5-6,8-9,13-14,22-23,28,34H,3-4,7,10-12,15-19,31H2,1-2H3,(H,36,37)/t22-,23+,28-/m1/s1. The van der Waals surface area contributed by atoms with Gasteiger partial charge < -0.3 is 39.8 Å². The highest BCUT2D eigenvalue weighted by Crippen LogP contribution is 2.44. The van der Waals surface area contributed by atoms with Gasteiger partial charge in [-0.3, -0.25) is 14.5 Å². The third kappa shape index (κ3) is 7.03. The number of amides is 1. The summed E-state index contributed by atoms with van der Waals surface area (Å²) in [5.74, 6) is -0.472. The minimum absolute atomic E-state index is 0.0329. The van der Waals surface area contributed by atoms with E-state index in [1.165, 1.54) is 0 Å². The Kier molecular flexibility index (Phi) is 10.7. The van der Waals surface area contributed by atoms with E-state index in [0.29, 0.717) is 66.7 Å². The monoisotopic (exact) mass is 571 g/mol. The topological polar surface area (TPSA) is 144 Å². The maximum atomic E-state index is 13.6. The van der Waals surface area contributed by atoms with E-state index >= 15 is 0 Å². The van der Waals surface area contributed by atoms with Crippen molar-refractivity contribution >= 4 is 11.9 Å². The first-order valence-corrected chi connectivity index (χ1v) is 14.2. The van der Waals surface area contributed by atoms with Gasteiger partial charge in [0.15, 0.2) is 23.0 Å². The molecule has 11 nitrogen and oxygen atoms in total. The number of benzene rings is 2. The fraction of sp³-hybridized carbons (Fsp3) is 0.533. The van der Waals surface area contributed by atoms with Crippen molar-refractivity contribution in [2.75, 3.05) is 53.2 Å². The Labute approximate surface area is 240 Å². The highest BCUT2D eigenvalue weighted by molar-refractivity contribution is 5.79. The molecule has 0 aliphatic carbocycles. The summed E-state index contributed by atoms with van der Waals surface area (Å²) in [7, 11) is 1.55. The van der Waals surface area contributed by atoms with Gasteiger partial charge in [0.2, 0.25) is 12.7 Å². The second kappa shape index (κ2) is 14.4. The summed E-state index contributed by atoms with van der Waals surface area (Å²) < 4.78 is 22.7. The zero-order chi connectivity index (χ0) is 29.4. The predicted octanol–water partition coefficient (Wildman–Crippen LogP) is 2.44. The number of carboxylic acids is 1. The van der Waals surface area contributed by atoms with Gasteiger partial charge in [-0.2, -0.15) is 0 Å². The molecular weight excluding hydrogens is 530 g/mol. The second-order valence-electron chi connectivity index (χ2n) is 10.4. The van der Waals surface area contributed by atoms with Crippen LogP contribution >= 0.6 is 0 Å². The van der Waals surface area contributed by atoms with Gasteiger partial charge in [0, 0.05) is 31.1 Å². The van der Waals surface area contributed by atoms with E-state index in [1.54, 1.807) is 31.4 Å². The maximum Gasteiger partial charge on any atom is 0.308 e. The predicted molar refractivity (Wildman–Crippen MR) is 151 cm³/mol. The third-order valence-electron chi connectivity index (χ3n) is 7.79. The van der Waals surface area contributed by atoms with Gasteiger partial charge >= 0.3 is 5.97 Å². The highest BCUT2D eigenvalue weighted by Gasteiger charge is 2.48. The fourth-order valence-corrected chi connectivity index (χ4v) is 5.65. The van der Waals surface area contributed by atoms with Crippen LogP contribution in [-0.2, 0) is 16.2 Å². The number of likely N-dealkylation sites (tertiary alicyclic amines) is 1. The molecule has 41 heavy (non-hydrogen) atoms. The van der Waals surface area contributed by atoms with Crippen molar-refractivity contribution in [1.29, 1.82) is 0 Å². The minimum atomic E-state index is -0.993. The molecule has 4 N–H and O–H groups in total. The molecule has 0 saturated carbocycles. The molecule has 0 unspecified atom stereocenters. The first-order chi connectivity index (χ1) is 19.9. The number of unbranched alkanes of at least 4 members (excludes halogenated alkanes) is 1. The lowest BCUT2D eigenvalue weighted by Gasteiger charge is -2.29. The number of carbonyl (C=O) groups is 2. The molecule has 2 aromatic rings. The van der Waals surface area contributed by atoms with Gasteiger partial charge in [0.1, 0.15) is 6.61 Å². The molecule has 3 atom stereocenters. The van der Waals surface area contributed by atoms with E-state index < -0.39 is 23.8 Å². The molecule has 224 valence electrons. The average molecular weight is 572 g/mol. The van der Waals surface area contributed by atoms with Crippen LogP contribution in [0.3, 0.4) is 0 Å².